The standard InChI is InChI=1S/C23H52N4O3Si2/c1-6-28-32(29-7-2,30-8-3)22-12-10-9-11-21-31-23(26-17-13-24(4)14-18-26)27-19-15-25(5)16-20-27/h23H,6-22,31H2,1-5H3. The maximum Gasteiger partial charge on any atom is 0.500 e. The summed E-state index contributed by atoms with van der Waals surface area (Å²) in [6.45, 7) is 18.1. The number of hydrogen-bond donors (Lipinski definition) is 0. The summed E-state index contributed by atoms with van der Waals surface area (Å²) in [5.41, 5.74) is 0. The number of piperazine rings is 2. The highest BCUT2D eigenvalue weighted by Crippen LogP contribution is 2.21. The maximum atomic E-state index is 6.00. The Kier molecular flexibility index (Phi) is 14.1. The lowest BCUT2D eigenvalue weighted by molar-refractivity contribution is 0.0311. The molecule has 190 valence electrons. The van der Waals surface area contributed by atoms with E-state index in [1.54, 1.807) is 0 Å². The van der Waals surface area contributed by atoms with Crippen molar-refractivity contribution in [2.45, 2.75) is 64.3 Å². The van der Waals surface area contributed by atoms with E-state index in [1.807, 2.05) is 20.8 Å². The molecule has 2 aliphatic rings. The van der Waals surface area contributed by atoms with Crippen LogP contribution in [0, 0.1) is 0 Å². The van der Waals surface area contributed by atoms with Gasteiger partial charge in [-0.2, -0.15) is 0 Å². The predicted octanol–water partition coefficient (Wildman–Crippen LogP) is 1.96. The summed E-state index contributed by atoms with van der Waals surface area (Å²) in [5.74, 6) is 0.770. The average Bonchev–Trinajstić information content (AvgIpc) is 2.78. The summed E-state index contributed by atoms with van der Waals surface area (Å²) in [6, 6.07) is 2.43. The van der Waals surface area contributed by atoms with Gasteiger partial charge < -0.3 is 23.1 Å². The van der Waals surface area contributed by atoms with Gasteiger partial charge in [-0.25, -0.2) is 0 Å². The fourth-order valence-corrected chi connectivity index (χ4v) is 10.2. The zero-order valence-corrected chi connectivity index (χ0v) is 24.2. The Labute approximate surface area is 201 Å². The Balaban J connectivity index is 1.72. The maximum absolute atomic E-state index is 6.00. The van der Waals surface area contributed by atoms with Crippen molar-refractivity contribution in [2.75, 3.05) is 86.3 Å². The summed E-state index contributed by atoms with van der Waals surface area (Å²) < 4.78 is 18.0. The highest BCUT2D eigenvalue weighted by atomic mass is 28.4. The van der Waals surface area contributed by atoms with E-state index < -0.39 is 8.80 Å². The smallest absolute Gasteiger partial charge is 0.374 e. The van der Waals surface area contributed by atoms with E-state index in [4.69, 9.17) is 13.3 Å². The van der Waals surface area contributed by atoms with Crippen LogP contribution in [0.4, 0.5) is 0 Å². The largest absolute Gasteiger partial charge is 0.500 e. The second kappa shape index (κ2) is 15.9. The first-order chi connectivity index (χ1) is 15.5. The molecule has 0 radical (unpaired) electrons. The third-order valence-electron chi connectivity index (χ3n) is 6.96. The van der Waals surface area contributed by atoms with Crippen molar-refractivity contribution in [3.63, 3.8) is 0 Å². The molecule has 0 amide bonds. The SMILES string of the molecule is CCO[Si](CCCCCC[SiH2]C(N1CCN(C)CC1)N1CCN(C)CC1)(OCC)OCC. The van der Waals surface area contributed by atoms with E-state index in [2.05, 4.69) is 33.7 Å². The van der Waals surface area contributed by atoms with E-state index in [-0.39, 0.29) is 9.52 Å². The number of unbranched alkanes of at least 4 members (excludes halogenated alkanes) is 3. The number of likely N-dealkylation sites (N-methyl/N-ethyl adjacent to an activating group) is 2. The third-order valence-corrected chi connectivity index (χ3v) is 12.6. The molecule has 0 aromatic carbocycles. The van der Waals surface area contributed by atoms with Crippen molar-refractivity contribution >= 4 is 18.3 Å². The van der Waals surface area contributed by atoms with Gasteiger partial charge in [-0.3, -0.25) is 9.80 Å². The molecule has 2 saturated heterocycles. The normalized spacial score (nSPS) is 20.8. The van der Waals surface area contributed by atoms with Crippen molar-refractivity contribution in [2.24, 2.45) is 0 Å². The van der Waals surface area contributed by atoms with E-state index >= 15 is 0 Å². The van der Waals surface area contributed by atoms with E-state index in [0.29, 0.717) is 19.8 Å². The van der Waals surface area contributed by atoms with Crippen LogP contribution >= 0.6 is 0 Å². The van der Waals surface area contributed by atoms with Crippen LogP contribution in [0.2, 0.25) is 12.1 Å². The zero-order chi connectivity index (χ0) is 23.2. The molecule has 32 heavy (non-hydrogen) atoms. The Morgan fingerprint density at radius 3 is 1.53 bits per heavy atom. The Hall–Kier alpha value is 0.154. The lowest BCUT2D eigenvalue weighted by Crippen LogP contribution is -2.61. The fraction of sp³-hybridized carbons (Fsp3) is 1.00. The first-order valence-electron chi connectivity index (χ1n) is 13.3. The van der Waals surface area contributed by atoms with Gasteiger partial charge in [0, 0.05) is 84.0 Å². The minimum absolute atomic E-state index is 0.135. The quantitative estimate of drug-likeness (QED) is 0.243. The molecule has 2 rings (SSSR count). The van der Waals surface area contributed by atoms with Crippen LogP contribution in [-0.2, 0) is 13.3 Å². The molecular weight excluding hydrogens is 436 g/mol. The van der Waals surface area contributed by atoms with Crippen molar-refractivity contribution in [1.29, 1.82) is 0 Å². The molecule has 9 heteroatoms. The molecule has 0 N–H and O–H groups in total. The van der Waals surface area contributed by atoms with Gasteiger partial charge in [0.25, 0.3) is 0 Å². The van der Waals surface area contributed by atoms with E-state index in [1.165, 1.54) is 77.7 Å². The van der Waals surface area contributed by atoms with Crippen LogP contribution in [0.1, 0.15) is 46.5 Å². The van der Waals surface area contributed by atoms with Gasteiger partial charge in [-0.15, -0.1) is 0 Å². The van der Waals surface area contributed by atoms with Crippen LogP contribution in [0.3, 0.4) is 0 Å². The van der Waals surface area contributed by atoms with Crippen LogP contribution in [0.5, 0.6) is 0 Å². The van der Waals surface area contributed by atoms with Crippen molar-refractivity contribution < 1.29 is 13.3 Å². The topological polar surface area (TPSA) is 40.7 Å². The first kappa shape index (κ1) is 28.4. The van der Waals surface area contributed by atoms with Gasteiger partial charge in [0.15, 0.2) is 0 Å². The van der Waals surface area contributed by atoms with E-state index in [9.17, 15) is 0 Å². The first-order valence-corrected chi connectivity index (χ1v) is 17.1. The van der Waals surface area contributed by atoms with Crippen molar-refractivity contribution in [3.05, 3.63) is 0 Å². The molecule has 0 saturated carbocycles. The van der Waals surface area contributed by atoms with Gasteiger partial charge >= 0.3 is 8.80 Å². The van der Waals surface area contributed by atoms with Crippen molar-refractivity contribution in [3.8, 4) is 0 Å². The van der Waals surface area contributed by atoms with E-state index in [0.717, 1.165) is 18.3 Å². The second-order valence-corrected chi connectivity index (χ2v) is 14.2. The molecule has 2 heterocycles. The monoisotopic (exact) mass is 488 g/mol. The molecule has 0 spiro atoms. The predicted molar refractivity (Wildman–Crippen MR) is 139 cm³/mol. The Morgan fingerprint density at radius 2 is 1.09 bits per heavy atom. The molecular formula is C23H52N4O3Si2. The molecule has 2 aliphatic heterocycles. The molecule has 0 bridgehead atoms. The minimum Gasteiger partial charge on any atom is -0.374 e. The van der Waals surface area contributed by atoms with Crippen LogP contribution in [0.25, 0.3) is 0 Å². The van der Waals surface area contributed by atoms with Crippen LogP contribution in [-0.4, -0.2) is 130 Å². The summed E-state index contributed by atoms with van der Waals surface area (Å²) in [6.07, 6.45) is 5.15. The third kappa shape index (κ3) is 9.79. The molecule has 0 atom stereocenters. The summed E-state index contributed by atoms with van der Waals surface area (Å²) in [5, 5.41) is 0. The fourth-order valence-electron chi connectivity index (χ4n) is 5.04. The number of rotatable bonds is 16. The molecule has 0 unspecified atom stereocenters. The van der Waals surface area contributed by atoms with Gasteiger partial charge in [0.1, 0.15) is 0 Å². The minimum atomic E-state index is -2.45. The molecule has 0 aromatic heterocycles. The Morgan fingerprint density at radius 1 is 0.656 bits per heavy atom. The highest BCUT2D eigenvalue weighted by molar-refractivity contribution is 6.60. The lowest BCUT2D eigenvalue weighted by atomic mass is 10.2. The molecule has 7 nitrogen and oxygen atoms in total. The highest BCUT2D eigenvalue weighted by Gasteiger charge is 2.39. The average molecular weight is 489 g/mol. The van der Waals surface area contributed by atoms with Gasteiger partial charge in [-0.1, -0.05) is 25.3 Å². The second-order valence-electron chi connectivity index (χ2n) is 9.45. The summed E-state index contributed by atoms with van der Waals surface area (Å²) in [4.78, 5) is 10.6. The van der Waals surface area contributed by atoms with Crippen molar-refractivity contribution in [1.82, 2.24) is 19.6 Å². The van der Waals surface area contributed by atoms with Crippen LogP contribution in [0.15, 0.2) is 0 Å². The Bertz CT molecular complexity index is 437. The number of hydrogen-bond acceptors (Lipinski definition) is 7. The van der Waals surface area contributed by atoms with Gasteiger partial charge in [0.05, 0.1) is 9.52 Å². The molecule has 2 fully saturated rings. The van der Waals surface area contributed by atoms with Gasteiger partial charge in [0.2, 0.25) is 0 Å². The van der Waals surface area contributed by atoms with Gasteiger partial charge in [-0.05, 0) is 41.3 Å². The summed E-state index contributed by atoms with van der Waals surface area (Å²) >= 11 is 0. The summed E-state index contributed by atoms with van der Waals surface area (Å²) in [7, 11) is 1.94. The zero-order valence-electron chi connectivity index (χ0n) is 21.8. The molecule has 0 aromatic rings. The lowest BCUT2D eigenvalue weighted by Gasteiger charge is -2.46. The van der Waals surface area contributed by atoms with Crippen LogP contribution < -0.4 is 0 Å². The molecule has 0 aliphatic carbocycles. The number of nitrogens with zero attached hydrogens (tertiary/aromatic N) is 4.